The standard InChI is InChI=1S/C9H10FN5/c1-5-3-6(2)15(14-5)8-7(10)4-12-9(11)13-8/h3-4H,1-2H3,(H2,11,12,13). The molecule has 0 spiro atoms. The summed E-state index contributed by atoms with van der Waals surface area (Å²) in [6.45, 7) is 3.64. The number of aryl methyl sites for hydroxylation is 2. The van der Waals surface area contributed by atoms with Crippen molar-refractivity contribution in [2.24, 2.45) is 0 Å². The lowest BCUT2D eigenvalue weighted by atomic mass is 10.4. The summed E-state index contributed by atoms with van der Waals surface area (Å²) in [4.78, 5) is 7.36. The highest BCUT2D eigenvalue weighted by molar-refractivity contribution is 5.31. The molecule has 0 aromatic carbocycles. The van der Waals surface area contributed by atoms with Crippen molar-refractivity contribution in [3.8, 4) is 5.82 Å². The summed E-state index contributed by atoms with van der Waals surface area (Å²) >= 11 is 0. The highest BCUT2D eigenvalue weighted by Gasteiger charge is 2.11. The molecule has 2 N–H and O–H groups in total. The van der Waals surface area contributed by atoms with Gasteiger partial charge in [-0.05, 0) is 19.9 Å². The van der Waals surface area contributed by atoms with Crippen LogP contribution in [0.5, 0.6) is 0 Å². The fourth-order valence-electron chi connectivity index (χ4n) is 1.36. The van der Waals surface area contributed by atoms with Crippen LogP contribution in [0, 0.1) is 19.7 Å². The fraction of sp³-hybridized carbons (Fsp3) is 0.222. The van der Waals surface area contributed by atoms with Crippen LogP contribution in [-0.2, 0) is 0 Å². The van der Waals surface area contributed by atoms with Crippen molar-refractivity contribution in [1.82, 2.24) is 19.7 Å². The lowest BCUT2D eigenvalue weighted by Gasteiger charge is -2.04. The minimum absolute atomic E-state index is 0.0268. The Morgan fingerprint density at radius 2 is 2.13 bits per heavy atom. The van der Waals surface area contributed by atoms with Crippen molar-refractivity contribution in [1.29, 1.82) is 0 Å². The Hall–Kier alpha value is -1.98. The summed E-state index contributed by atoms with van der Waals surface area (Å²) < 4.78 is 14.8. The van der Waals surface area contributed by atoms with Gasteiger partial charge in [0.05, 0.1) is 11.9 Å². The second-order valence-electron chi connectivity index (χ2n) is 3.24. The molecule has 0 aliphatic carbocycles. The Morgan fingerprint density at radius 1 is 1.40 bits per heavy atom. The molecule has 2 aromatic heterocycles. The van der Waals surface area contributed by atoms with E-state index in [9.17, 15) is 4.39 Å². The molecule has 2 rings (SSSR count). The minimum Gasteiger partial charge on any atom is -0.368 e. The smallest absolute Gasteiger partial charge is 0.222 e. The molecule has 15 heavy (non-hydrogen) atoms. The molecular weight excluding hydrogens is 197 g/mol. The number of nitrogens with zero attached hydrogens (tertiary/aromatic N) is 4. The summed E-state index contributed by atoms with van der Waals surface area (Å²) in [7, 11) is 0. The second-order valence-corrected chi connectivity index (χ2v) is 3.24. The van der Waals surface area contributed by atoms with Crippen molar-refractivity contribution in [2.75, 3.05) is 5.73 Å². The van der Waals surface area contributed by atoms with E-state index in [1.807, 2.05) is 19.9 Å². The van der Waals surface area contributed by atoms with E-state index in [1.54, 1.807) is 0 Å². The SMILES string of the molecule is Cc1cc(C)n(-c2nc(N)ncc2F)n1. The second kappa shape index (κ2) is 3.30. The number of rotatable bonds is 1. The zero-order valence-corrected chi connectivity index (χ0v) is 8.40. The van der Waals surface area contributed by atoms with Gasteiger partial charge in [0.25, 0.3) is 0 Å². The fourth-order valence-corrected chi connectivity index (χ4v) is 1.36. The van der Waals surface area contributed by atoms with Gasteiger partial charge in [-0.3, -0.25) is 0 Å². The van der Waals surface area contributed by atoms with Crippen LogP contribution < -0.4 is 5.73 Å². The van der Waals surface area contributed by atoms with Gasteiger partial charge in [-0.2, -0.15) is 10.1 Å². The van der Waals surface area contributed by atoms with Crippen LogP contribution in [0.25, 0.3) is 5.82 Å². The molecule has 0 radical (unpaired) electrons. The Bertz CT molecular complexity index is 505. The van der Waals surface area contributed by atoms with E-state index >= 15 is 0 Å². The predicted molar refractivity (Wildman–Crippen MR) is 53.0 cm³/mol. The van der Waals surface area contributed by atoms with Crippen LogP contribution in [0.2, 0.25) is 0 Å². The highest BCUT2D eigenvalue weighted by Crippen LogP contribution is 2.13. The van der Waals surface area contributed by atoms with Gasteiger partial charge in [0.15, 0.2) is 11.6 Å². The first-order valence-electron chi connectivity index (χ1n) is 4.39. The Morgan fingerprint density at radius 3 is 2.73 bits per heavy atom. The van der Waals surface area contributed by atoms with Crippen molar-refractivity contribution in [2.45, 2.75) is 13.8 Å². The van der Waals surface area contributed by atoms with E-state index in [0.29, 0.717) is 0 Å². The Labute approximate surface area is 85.8 Å². The quantitative estimate of drug-likeness (QED) is 0.757. The zero-order valence-electron chi connectivity index (χ0n) is 8.40. The van der Waals surface area contributed by atoms with Crippen LogP contribution in [0.3, 0.4) is 0 Å². The molecule has 78 valence electrons. The van der Waals surface area contributed by atoms with E-state index in [4.69, 9.17) is 5.73 Å². The van der Waals surface area contributed by atoms with Crippen LogP contribution in [0.15, 0.2) is 12.3 Å². The summed E-state index contributed by atoms with van der Waals surface area (Å²) in [5.41, 5.74) is 6.98. The van der Waals surface area contributed by atoms with Crippen molar-refractivity contribution < 1.29 is 4.39 Å². The number of nitrogen functional groups attached to an aromatic ring is 1. The van der Waals surface area contributed by atoms with Gasteiger partial charge in [0, 0.05) is 5.69 Å². The Kier molecular flexibility index (Phi) is 2.11. The topological polar surface area (TPSA) is 69.6 Å². The van der Waals surface area contributed by atoms with E-state index in [1.165, 1.54) is 4.68 Å². The molecular formula is C9H10FN5. The molecule has 0 bridgehead atoms. The van der Waals surface area contributed by atoms with Gasteiger partial charge in [-0.25, -0.2) is 14.1 Å². The zero-order chi connectivity index (χ0) is 11.0. The predicted octanol–water partition coefficient (Wildman–Crippen LogP) is 1.00. The summed E-state index contributed by atoms with van der Waals surface area (Å²) in [5.74, 6) is -0.442. The first-order valence-corrected chi connectivity index (χ1v) is 4.39. The maximum Gasteiger partial charge on any atom is 0.222 e. The molecule has 0 atom stereocenters. The summed E-state index contributed by atoms with van der Waals surface area (Å²) in [6.07, 6.45) is 1.04. The number of anilines is 1. The first-order chi connectivity index (χ1) is 7.08. The van der Waals surface area contributed by atoms with Gasteiger partial charge >= 0.3 is 0 Å². The molecule has 0 saturated carbocycles. The lowest BCUT2D eigenvalue weighted by Crippen LogP contribution is -2.08. The third kappa shape index (κ3) is 1.65. The molecule has 0 unspecified atom stereocenters. The molecule has 0 amide bonds. The van der Waals surface area contributed by atoms with Crippen LogP contribution in [-0.4, -0.2) is 19.7 Å². The summed E-state index contributed by atoms with van der Waals surface area (Å²) in [5, 5.41) is 4.11. The molecule has 2 aromatic rings. The molecule has 5 nitrogen and oxygen atoms in total. The lowest BCUT2D eigenvalue weighted by molar-refractivity contribution is 0.591. The number of hydrogen-bond donors (Lipinski definition) is 1. The van der Waals surface area contributed by atoms with Crippen molar-refractivity contribution in [3.05, 3.63) is 29.5 Å². The van der Waals surface area contributed by atoms with E-state index < -0.39 is 5.82 Å². The van der Waals surface area contributed by atoms with Crippen LogP contribution in [0.1, 0.15) is 11.4 Å². The monoisotopic (exact) mass is 207 g/mol. The van der Waals surface area contributed by atoms with Gasteiger partial charge < -0.3 is 5.73 Å². The van der Waals surface area contributed by atoms with Gasteiger partial charge in [0.1, 0.15) is 0 Å². The van der Waals surface area contributed by atoms with Crippen LogP contribution in [0.4, 0.5) is 10.3 Å². The van der Waals surface area contributed by atoms with Gasteiger partial charge in [0.2, 0.25) is 5.95 Å². The van der Waals surface area contributed by atoms with Gasteiger partial charge in [-0.15, -0.1) is 0 Å². The average molecular weight is 207 g/mol. The van der Waals surface area contributed by atoms with E-state index in [2.05, 4.69) is 15.1 Å². The highest BCUT2D eigenvalue weighted by atomic mass is 19.1. The Balaban J connectivity index is 2.62. The molecule has 0 fully saturated rings. The molecule has 0 aliphatic rings. The summed E-state index contributed by atoms with van der Waals surface area (Å²) in [6, 6.07) is 1.83. The van der Waals surface area contributed by atoms with E-state index in [0.717, 1.165) is 17.6 Å². The molecule has 0 aliphatic heterocycles. The average Bonchev–Trinajstić information content (AvgIpc) is 2.50. The number of nitrogens with two attached hydrogens (primary N) is 1. The molecule has 2 heterocycles. The first kappa shape index (κ1) is 9.57. The largest absolute Gasteiger partial charge is 0.368 e. The van der Waals surface area contributed by atoms with Crippen LogP contribution >= 0.6 is 0 Å². The third-order valence-corrected chi connectivity index (χ3v) is 1.95. The number of halogens is 1. The number of aromatic nitrogens is 4. The van der Waals surface area contributed by atoms with Gasteiger partial charge in [-0.1, -0.05) is 0 Å². The molecule has 6 heteroatoms. The maximum absolute atomic E-state index is 13.4. The molecule has 0 saturated heterocycles. The van der Waals surface area contributed by atoms with E-state index in [-0.39, 0.29) is 11.8 Å². The maximum atomic E-state index is 13.4. The van der Waals surface area contributed by atoms with Crippen molar-refractivity contribution in [3.63, 3.8) is 0 Å². The third-order valence-electron chi connectivity index (χ3n) is 1.95. The minimum atomic E-state index is -0.546. The number of hydrogen-bond acceptors (Lipinski definition) is 4. The normalized spacial score (nSPS) is 10.6. The van der Waals surface area contributed by atoms with Crippen molar-refractivity contribution >= 4 is 5.95 Å².